The second-order valence-electron chi connectivity index (χ2n) is 4.23. The fraction of sp³-hybridized carbons (Fsp3) is 0.0714. The first-order chi connectivity index (χ1) is 9.38. The third-order valence-electron chi connectivity index (χ3n) is 2.71. The molecule has 0 radical (unpaired) electrons. The van der Waals surface area contributed by atoms with Crippen LogP contribution in [0.4, 0.5) is 21.5 Å². The van der Waals surface area contributed by atoms with Crippen LogP contribution in [0.2, 0.25) is 5.02 Å². The van der Waals surface area contributed by atoms with Crippen LogP contribution in [0.1, 0.15) is 17.3 Å². The predicted octanol–water partition coefficient (Wildman–Crippen LogP) is 4.77. The number of halogens is 3. The van der Waals surface area contributed by atoms with Crippen LogP contribution in [0.15, 0.2) is 34.8 Å². The van der Waals surface area contributed by atoms with Gasteiger partial charge in [-0.2, -0.15) is 0 Å². The van der Waals surface area contributed by atoms with Crippen LogP contribution in [0.5, 0.6) is 0 Å². The number of hydrogen-bond donors (Lipinski definition) is 2. The van der Waals surface area contributed by atoms with Crippen molar-refractivity contribution in [3.05, 3.63) is 51.2 Å². The Bertz CT molecular complexity index is 668. The molecule has 0 heterocycles. The fourth-order valence-electron chi connectivity index (χ4n) is 1.74. The van der Waals surface area contributed by atoms with Gasteiger partial charge in [0, 0.05) is 21.4 Å². The van der Waals surface area contributed by atoms with Crippen LogP contribution in [-0.4, -0.2) is 5.78 Å². The van der Waals surface area contributed by atoms with Gasteiger partial charge in [-0.25, -0.2) is 4.39 Å². The molecule has 0 aromatic heterocycles. The van der Waals surface area contributed by atoms with Gasteiger partial charge in [-0.1, -0.05) is 11.6 Å². The summed E-state index contributed by atoms with van der Waals surface area (Å²) in [6.45, 7) is 1.44. The summed E-state index contributed by atoms with van der Waals surface area (Å²) < 4.78 is 13.7. The van der Waals surface area contributed by atoms with Crippen LogP contribution in [0.25, 0.3) is 0 Å². The Kier molecular flexibility index (Phi) is 4.30. The Morgan fingerprint density at radius 3 is 2.65 bits per heavy atom. The monoisotopic (exact) mass is 356 g/mol. The van der Waals surface area contributed by atoms with E-state index in [1.54, 1.807) is 18.2 Å². The molecule has 0 aliphatic carbocycles. The highest BCUT2D eigenvalue weighted by atomic mass is 79.9. The number of carbonyl (C=O) groups is 1. The van der Waals surface area contributed by atoms with E-state index in [-0.39, 0.29) is 10.8 Å². The number of nitrogen functional groups attached to an aromatic ring is 1. The van der Waals surface area contributed by atoms with Crippen molar-refractivity contribution in [3.8, 4) is 0 Å². The van der Waals surface area contributed by atoms with Gasteiger partial charge in [0.05, 0.1) is 10.7 Å². The third kappa shape index (κ3) is 3.11. The Labute approximate surface area is 129 Å². The van der Waals surface area contributed by atoms with E-state index < -0.39 is 5.82 Å². The second-order valence-corrected chi connectivity index (χ2v) is 5.49. The first-order valence-corrected chi connectivity index (χ1v) is 6.87. The number of anilines is 3. The van der Waals surface area contributed by atoms with Gasteiger partial charge in [0.2, 0.25) is 0 Å². The molecule has 3 N–H and O–H groups in total. The van der Waals surface area contributed by atoms with Gasteiger partial charge in [0.25, 0.3) is 0 Å². The zero-order valence-electron chi connectivity index (χ0n) is 10.5. The molecule has 0 fully saturated rings. The van der Waals surface area contributed by atoms with E-state index in [0.717, 1.165) is 0 Å². The summed E-state index contributed by atoms with van der Waals surface area (Å²) in [6.07, 6.45) is 0. The molecule has 0 amide bonds. The molecule has 0 aliphatic heterocycles. The van der Waals surface area contributed by atoms with Crippen molar-refractivity contribution in [3.63, 3.8) is 0 Å². The lowest BCUT2D eigenvalue weighted by atomic mass is 10.1. The number of nitrogens with two attached hydrogens (primary N) is 1. The highest BCUT2D eigenvalue weighted by molar-refractivity contribution is 9.10. The van der Waals surface area contributed by atoms with Crippen molar-refractivity contribution in [1.29, 1.82) is 0 Å². The molecule has 0 unspecified atom stereocenters. The number of rotatable bonds is 3. The molecule has 3 nitrogen and oxygen atoms in total. The molecule has 6 heteroatoms. The summed E-state index contributed by atoms with van der Waals surface area (Å²) in [6, 6.07) is 7.48. The lowest BCUT2D eigenvalue weighted by Gasteiger charge is -2.12. The third-order valence-corrected chi connectivity index (χ3v) is 3.63. The van der Waals surface area contributed by atoms with E-state index in [1.807, 2.05) is 0 Å². The Balaban J connectivity index is 2.41. The zero-order chi connectivity index (χ0) is 14.9. The summed E-state index contributed by atoms with van der Waals surface area (Å²) in [5, 5.41) is 3.27. The van der Waals surface area contributed by atoms with E-state index in [1.165, 1.54) is 19.1 Å². The summed E-state index contributed by atoms with van der Waals surface area (Å²) in [5.74, 6) is -0.565. The van der Waals surface area contributed by atoms with E-state index >= 15 is 0 Å². The molecule has 20 heavy (non-hydrogen) atoms. The van der Waals surface area contributed by atoms with Crippen molar-refractivity contribution in [2.75, 3.05) is 11.1 Å². The van der Waals surface area contributed by atoms with Crippen LogP contribution in [0.3, 0.4) is 0 Å². The lowest BCUT2D eigenvalue weighted by Crippen LogP contribution is -2.01. The highest BCUT2D eigenvalue weighted by Gasteiger charge is 2.10. The quantitative estimate of drug-likeness (QED) is 0.614. The number of hydrogen-bond acceptors (Lipinski definition) is 3. The normalized spacial score (nSPS) is 10.4. The van der Waals surface area contributed by atoms with Gasteiger partial charge in [0.1, 0.15) is 5.82 Å². The number of ketones is 1. The smallest absolute Gasteiger partial charge is 0.161 e. The number of benzene rings is 2. The molecular weight excluding hydrogens is 347 g/mol. The molecular formula is C14H11BrClFN2O. The molecule has 2 aromatic carbocycles. The summed E-state index contributed by atoms with van der Waals surface area (Å²) in [5.41, 5.74) is 7.72. The molecule has 2 rings (SSSR count). The fourth-order valence-corrected chi connectivity index (χ4v) is 2.64. The number of nitrogens with one attached hydrogen (secondary N) is 1. The maximum Gasteiger partial charge on any atom is 0.161 e. The largest absolute Gasteiger partial charge is 0.398 e. The topological polar surface area (TPSA) is 55.1 Å². The van der Waals surface area contributed by atoms with Crippen molar-refractivity contribution in [1.82, 2.24) is 0 Å². The number of carbonyl (C=O) groups excluding carboxylic acids is 1. The molecule has 0 aliphatic rings. The summed E-state index contributed by atoms with van der Waals surface area (Å²) >= 11 is 9.23. The minimum Gasteiger partial charge on any atom is -0.398 e. The van der Waals surface area contributed by atoms with Gasteiger partial charge in [-0.05, 0) is 53.2 Å². The summed E-state index contributed by atoms with van der Waals surface area (Å²) in [7, 11) is 0. The molecule has 2 aromatic rings. The van der Waals surface area contributed by atoms with Crippen molar-refractivity contribution in [2.24, 2.45) is 0 Å². The van der Waals surface area contributed by atoms with Crippen LogP contribution in [0, 0.1) is 5.82 Å². The molecule has 0 saturated carbocycles. The molecule has 0 bridgehead atoms. The number of Topliss-reactive ketones (excluding diaryl/α,β-unsaturated/α-hetero) is 1. The van der Waals surface area contributed by atoms with E-state index in [2.05, 4.69) is 21.2 Å². The maximum absolute atomic E-state index is 13.2. The van der Waals surface area contributed by atoms with Crippen molar-refractivity contribution < 1.29 is 9.18 Å². The van der Waals surface area contributed by atoms with E-state index in [9.17, 15) is 9.18 Å². The van der Waals surface area contributed by atoms with E-state index in [0.29, 0.717) is 27.1 Å². The van der Waals surface area contributed by atoms with Gasteiger partial charge in [-0.15, -0.1) is 0 Å². The van der Waals surface area contributed by atoms with E-state index in [4.69, 9.17) is 17.3 Å². The first-order valence-electron chi connectivity index (χ1n) is 5.70. The predicted molar refractivity (Wildman–Crippen MR) is 83.3 cm³/mol. The average Bonchev–Trinajstić information content (AvgIpc) is 2.35. The summed E-state index contributed by atoms with van der Waals surface area (Å²) in [4.78, 5) is 11.5. The van der Waals surface area contributed by atoms with Crippen LogP contribution < -0.4 is 11.1 Å². The van der Waals surface area contributed by atoms with Crippen molar-refractivity contribution in [2.45, 2.75) is 6.92 Å². The average molecular weight is 358 g/mol. The van der Waals surface area contributed by atoms with Gasteiger partial charge in [-0.3, -0.25) is 4.79 Å². The van der Waals surface area contributed by atoms with Crippen molar-refractivity contribution >= 4 is 50.4 Å². The molecule has 0 saturated heterocycles. The standard InChI is InChI=1S/C14H11BrClFN2O/c1-7(20)10-6-9(2-3-13(10)18)19-14-11(15)4-8(17)5-12(14)16/h2-6,19H,18H2,1H3. The molecule has 0 spiro atoms. The Morgan fingerprint density at radius 2 is 2.05 bits per heavy atom. The Hall–Kier alpha value is -1.59. The minimum absolute atomic E-state index is 0.129. The second kappa shape index (κ2) is 5.81. The highest BCUT2D eigenvalue weighted by Crippen LogP contribution is 2.34. The zero-order valence-corrected chi connectivity index (χ0v) is 12.8. The van der Waals surface area contributed by atoms with Crippen LogP contribution in [-0.2, 0) is 0 Å². The molecule has 0 atom stereocenters. The van der Waals surface area contributed by atoms with Crippen LogP contribution >= 0.6 is 27.5 Å². The van der Waals surface area contributed by atoms with Gasteiger partial charge < -0.3 is 11.1 Å². The molecule has 104 valence electrons. The first kappa shape index (κ1) is 14.8. The maximum atomic E-state index is 13.2. The van der Waals surface area contributed by atoms with Gasteiger partial charge >= 0.3 is 0 Å². The van der Waals surface area contributed by atoms with Gasteiger partial charge in [0.15, 0.2) is 5.78 Å². The minimum atomic E-state index is -0.436. The Morgan fingerprint density at radius 1 is 1.35 bits per heavy atom. The lowest BCUT2D eigenvalue weighted by molar-refractivity contribution is 0.101. The SMILES string of the molecule is CC(=O)c1cc(Nc2c(Cl)cc(F)cc2Br)ccc1N.